The van der Waals surface area contributed by atoms with E-state index in [9.17, 15) is 0 Å². The van der Waals surface area contributed by atoms with Gasteiger partial charge in [-0.15, -0.1) is 0 Å². The molecule has 0 radical (unpaired) electrons. The van der Waals surface area contributed by atoms with E-state index < -0.39 is 53.9 Å². The van der Waals surface area contributed by atoms with Crippen molar-refractivity contribution in [3.8, 4) is 0 Å². The first-order chi connectivity index (χ1) is 62.1. The molecule has 131 heavy (non-hydrogen) atoms. The standard InChI is InChI=1S/C116H123B3N6Si6/c1-74-26-35-83(36-27-74)120-101-59-53-92(129(17,18)19)71-98(101)117-95-56-32-80(68-104(95)123(84-37-28-75(2)29-38-84)110-65-77(4)62-107(120)113(110)117)116(7,81-33-57-96-105(69-81)124(85-39-30-76(3)31-40-85)111-66-78(5)63-108-114(111)118(96)99-72-93(130(20,21)22)54-60-102(99)121(108)86-41-47-89(48-42-86)126(8,9)10)82-34-58-97-106(70-82)125(88-45-51-91(52-46-88)128(14,15)16)112-67-79(6)64-109-115(112)119(97)100-73-94(131(23,24)25)55-61-103(100)122(109)87-43-49-90(50-44-87)127(11,12)13/h26-73H,1-25H3. The predicted molar refractivity (Wildman–Crippen MR) is 593 cm³/mol. The summed E-state index contributed by atoms with van der Waals surface area (Å²) in [6.07, 6.45) is 0. The summed E-state index contributed by atoms with van der Waals surface area (Å²) >= 11 is 0. The lowest BCUT2D eigenvalue weighted by molar-refractivity contribution is 0.693. The van der Waals surface area contributed by atoms with Crippen molar-refractivity contribution < 1.29 is 0 Å². The average molecular weight is 1800 g/mol. The smallest absolute Gasteiger partial charge is 0.252 e. The van der Waals surface area contributed by atoms with E-state index in [2.05, 4.69) is 487 Å². The molecule has 1 unspecified atom stereocenters. The molecule has 0 aromatic heterocycles. The van der Waals surface area contributed by atoms with Crippen LogP contribution < -0.4 is 110 Å². The Morgan fingerprint density at radius 2 is 0.366 bits per heavy atom. The maximum Gasteiger partial charge on any atom is 0.252 e. The van der Waals surface area contributed by atoms with Crippen LogP contribution in [0.5, 0.6) is 0 Å². The molecule has 0 saturated carbocycles. The van der Waals surface area contributed by atoms with Gasteiger partial charge in [-0.1, -0.05) is 311 Å². The normalized spacial score (nSPS) is 14.7. The number of benzene rings is 15. The Balaban J connectivity index is 0.864. The highest BCUT2D eigenvalue weighted by atomic mass is 28.3. The monoisotopic (exact) mass is 1800 g/mol. The highest BCUT2D eigenvalue weighted by Crippen LogP contribution is 2.53. The third kappa shape index (κ3) is 14.2. The summed E-state index contributed by atoms with van der Waals surface area (Å²) in [6.45, 7) is 60.9. The molecule has 650 valence electrons. The molecule has 0 fully saturated rings. The second kappa shape index (κ2) is 30.6. The van der Waals surface area contributed by atoms with Crippen molar-refractivity contribution in [3.63, 3.8) is 0 Å². The molecule has 0 aliphatic carbocycles. The first kappa shape index (κ1) is 86.3. The van der Waals surface area contributed by atoms with Crippen molar-refractivity contribution in [2.24, 2.45) is 0 Å². The fourth-order valence-electron chi connectivity index (χ4n) is 22.3. The van der Waals surface area contributed by atoms with Crippen LogP contribution in [0.3, 0.4) is 0 Å². The van der Waals surface area contributed by atoms with E-state index >= 15 is 0 Å². The third-order valence-electron chi connectivity index (χ3n) is 29.8. The van der Waals surface area contributed by atoms with Gasteiger partial charge in [-0.25, -0.2) is 0 Å². The second-order valence-electron chi connectivity index (χ2n) is 45.4. The molecule has 15 aromatic carbocycles. The number of anilines is 18. The first-order valence-electron chi connectivity index (χ1n) is 47.7. The van der Waals surface area contributed by atoms with Crippen molar-refractivity contribution in [3.05, 3.63) is 341 Å². The van der Waals surface area contributed by atoms with Crippen molar-refractivity contribution in [1.82, 2.24) is 0 Å². The van der Waals surface area contributed by atoms with E-state index in [4.69, 9.17) is 0 Å². The molecule has 1 atom stereocenters. The lowest BCUT2D eigenvalue weighted by Crippen LogP contribution is -2.62. The average Bonchev–Trinajstić information content (AvgIpc) is 0.696. The number of fused-ring (bicyclic) bond motifs is 12. The predicted octanol–water partition coefficient (Wildman–Crippen LogP) is 22.4. The van der Waals surface area contributed by atoms with Crippen LogP contribution >= 0.6 is 0 Å². The van der Waals surface area contributed by atoms with E-state index in [1.54, 1.807) is 0 Å². The van der Waals surface area contributed by atoms with Crippen LogP contribution in [0.4, 0.5) is 102 Å². The second-order valence-corrected chi connectivity index (χ2v) is 75.8. The number of hydrogen-bond donors (Lipinski definition) is 0. The Kier molecular flexibility index (Phi) is 20.1. The van der Waals surface area contributed by atoms with Crippen molar-refractivity contribution in [1.29, 1.82) is 0 Å². The van der Waals surface area contributed by atoms with Crippen LogP contribution in [-0.2, 0) is 5.41 Å². The number of rotatable bonds is 15. The summed E-state index contributed by atoms with van der Waals surface area (Å²) in [5.41, 5.74) is 43.9. The Morgan fingerprint density at radius 3 is 0.573 bits per heavy atom. The Bertz CT molecular complexity index is 7200. The Labute approximate surface area is 787 Å². The molecule has 0 saturated heterocycles. The van der Waals surface area contributed by atoms with Gasteiger partial charge in [0.15, 0.2) is 0 Å². The van der Waals surface area contributed by atoms with E-state index in [0.29, 0.717) is 0 Å². The van der Waals surface area contributed by atoms with E-state index in [-0.39, 0.29) is 20.1 Å². The molecule has 0 bridgehead atoms. The zero-order valence-corrected chi connectivity index (χ0v) is 87.6. The molecule has 0 amide bonds. The number of aryl methyl sites for hydroxylation is 6. The quantitative estimate of drug-likeness (QED) is 0.0747. The summed E-state index contributed by atoms with van der Waals surface area (Å²) in [5.74, 6) is 0. The maximum atomic E-state index is 2.70. The summed E-state index contributed by atoms with van der Waals surface area (Å²) in [7, 11) is -10.8. The van der Waals surface area contributed by atoms with Crippen molar-refractivity contribution in [2.45, 2.75) is 172 Å². The van der Waals surface area contributed by atoms with Crippen LogP contribution in [0.2, 0.25) is 118 Å². The van der Waals surface area contributed by atoms with Crippen LogP contribution in [0.15, 0.2) is 291 Å². The van der Waals surface area contributed by atoms with Gasteiger partial charge in [0, 0.05) is 108 Å². The van der Waals surface area contributed by atoms with Gasteiger partial charge in [0.2, 0.25) is 0 Å². The van der Waals surface area contributed by atoms with Crippen molar-refractivity contribution in [2.75, 3.05) is 29.4 Å². The van der Waals surface area contributed by atoms with Crippen LogP contribution in [-0.4, -0.2) is 68.6 Å². The lowest BCUT2D eigenvalue weighted by Gasteiger charge is -2.46. The van der Waals surface area contributed by atoms with Gasteiger partial charge in [0.1, 0.15) is 0 Å². The molecular formula is C116H123B3N6Si6. The van der Waals surface area contributed by atoms with Gasteiger partial charge in [0.05, 0.1) is 48.4 Å². The summed E-state index contributed by atoms with van der Waals surface area (Å²) < 4.78 is 0. The van der Waals surface area contributed by atoms with E-state index in [0.717, 1.165) is 17.1 Å². The molecule has 6 aliphatic rings. The first-order valence-corrected chi connectivity index (χ1v) is 68.7. The highest BCUT2D eigenvalue weighted by Gasteiger charge is 2.51. The van der Waals surface area contributed by atoms with Gasteiger partial charge in [0.25, 0.3) is 20.1 Å². The Hall–Kier alpha value is -11.4. The number of hydrogen-bond acceptors (Lipinski definition) is 6. The van der Waals surface area contributed by atoms with E-state index in [1.807, 2.05) is 0 Å². The van der Waals surface area contributed by atoms with Gasteiger partial charge in [-0.3, -0.25) is 0 Å². The minimum atomic E-state index is -1.91. The SMILES string of the molecule is Cc1ccc(N2c3ccc([Si](C)(C)C)cc3B3c4ccc(C(C)(c5ccc6c(c5)N(c5ccc(C)cc5)c5cc(C)cc7c5B6c5cc([Si](C)(C)C)ccc5N7c5ccc([Si](C)(C)C)cc5)c5ccc6c(c5)N(c5ccc([Si](C)(C)C)cc5)c5cc(C)cc7c5B6c5cc([Si](C)(C)C)ccc5N7c5ccc([Si](C)(C)C)cc5)cc4N(c4ccc(C)cc4)c4cc(C)cc2c43)cc1. The summed E-state index contributed by atoms with van der Waals surface area (Å²) in [4.78, 5) is 15.9. The fraction of sp³-hybridized carbons (Fsp3) is 0.224. The fourth-order valence-corrected chi connectivity index (χ4v) is 29.3. The summed E-state index contributed by atoms with van der Waals surface area (Å²) in [5, 5.41) is 8.77. The van der Waals surface area contributed by atoms with Crippen molar-refractivity contribution >= 4 is 251 Å². The molecule has 0 N–H and O–H groups in total. The molecule has 6 heterocycles. The topological polar surface area (TPSA) is 19.4 Å². The molecule has 21 rings (SSSR count). The summed E-state index contributed by atoms with van der Waals surface area (Å²) in [6, 6.07) is 119. The van der Waals surface area contributed by atoms with Gasteiger partial charge in [-0.05, 0) is 277 Å². The van der Waals surface area contributed by atoms with E-state index in [1.165, 1.54) is 216 Å². The molecular weight excluding hydrogens is 1680 g/mol. The van der Waals surface area contributed by atoms with Crippen LogP contribution in [0, 0.1) is 41.5 Å². The third-order valence-corrected chi connectivity index (χ3v) is 42.1. The minimum absolute atomic E-state index is 0.0931. The highest BCUT2D eigenvalue weighted by molar-refractivity contribution is 7.03. The molecule has 6 nitrogen and oxygen atoms in total. The van der Waals surface area contributed by atoms with Gasteiger partial charge >= 0.3 is 0 Å². The zero-order chi connectivity index (χ0) is 91.9. The zero-order valence-electron chi connectivity index (χ0n) is 81.6. The lowest BCUT2D eigenvalue weighted by atomic mass is 9.33. The molecule has 0 spiro atoms. The molecule has 15 aromatic rings. The van der Waals surface area contributed by atoms with Gasteiger partial charge < -0.3 is 29.4 Å². The Morgan fingerprint density at radius 1 is 0.176 bits per heavy atom. The van der Waals surface area contributed by atoms with Crippen LogP contribution in [0.1, 0.15) is 57.0 Å². The largest absolute Gasteiger partial charge is 0.311 e. The van der Waals surface area contributed by atoms with Crippen LogP contribution in [0.25, 0.3) is 0 Å². The number of nitrogens with zero attached hydrogens (tertiary/aromatic N) is 6. The van der Waals surface area contributed by atoms with Gasteiger partial charge in [-0.2, -0.15) is 0 Å². The molecule has 15 heteroatoms. The minimum Gasteiger partial charge on any atom is -0.311 e. The maximum absolute atomic E-state index is 2.70. The molecule has 6 aliphatic heterocycles.